The van der Waals surface area contributed by atoms with Gasteiger partial charge < -0.3 is 10.2 Å². The van der Waals surface area contributed by atoms with Crippen LogP contribution in [0, 0.1) is 5.92 Å². The molecule has 0 saturated carbocycles. The molecule has 0 aliphatic rings. The van der Waals surface area contributed by atoms with Crippen LogP contribution in [0.2, 0.25) is 0 Å². The number of aryl methyl sites for hydroxylation is 1. The van der Waals surface area contributed by atoms with Crippen molar-refractivity contribution in [3.8, 4) is 0 Å². The number of thiazole rings is 1. The van der Waals surface area contributed by atoms with Gasteiger partial charge in [0.05, 0.1) is 21.1 Å². The summed E-state index contributed by atoms with van der Waals surface area (Å²) in [6.45, 7) is 4.66. The summed E-state index contributed by atoms with van der Waals surface area (Å²) in [5.74, 6) is -0.549. The van der Waals surface area contributed by atoms with Crippen molar-refractivity contribution >= 4 is 39.0 Å². The minimum atomic E-state index is -0.502. The Morgan fingerprint density at radius 3 is 2.49 bits per heavy atom. The molecule has 0 radical (unpaired) electrons. The first-order valence-corrected chi connectivity index (χ1v) is 14.7. The van der Waals surface area contributed by atoms with Crippen LogP contribution in [0.3, 0.4) is 0 Å². The van der Waals surface area contributed by atoms with Gasteiger partial charge in [-0.15, -0.1) is 11.3 Å². The van der Waals surface area contributed by atoms with Gasteiger partial charge in [-0.05, 0) is 62.7 Å². The van der Waals surface area contributed by atoms with Gasteiger partial charge in [-0.3, -0.25) is 14.4 Å². The highest BCUT2D eigenvalue weighted by Gasteiger charge is 2.26. The number of aromatic nitrogens is 1. The van der Waals surface area contributed by atoms with Crippen LogP contribution in [0.1, 0.15) is 55.7 Å². The number of benzene rings is 2. The Labute approximate surface area is 236 Å². The molecule has 7 heteroatoms. The molecule has 0 bridgehead atoms. The molecule has 3 rings (SSSR count). The van der Waals surface area contributed by atoms with Crippen LogP contribution in [0.15, 0.2) is 60.7 Å². The van der Waals surface area contributed by atoms with Gasteiger partial charge in [0.25, 0.3) is 0 Å². The van der Waals surface area contributed by atoms with Gasteiger partial charge in [0.2, 0.25) is 5.91 Å². The zero-order valence-corrected chi connectivity index (χ0v) is 24.4. The van der Waals surface area contributed by atoms with Gasteiger partial charge >= 0.3 is 0 Å². The summed E-state index contributed by atoms with van der Waals surface area (Å²) >= 11 is 1.59. The number of carbonyl (C=O) groups excluding carboxylic acids is 3. The number of fused-ring (bicyclic) bond motifs is 1. The first-order valence-electron chi connectivity index (χ1n) is 13.9. The molecule has 0 fully saturated rings. The molecule has 3 aromatic rings. The van der Waals surface area contributed by atoms with Crippen LogP contribution in [0.4, 0.5) is 0 Å². The summed E-state index contributed by atoms with van der Waals surface area (Å²) in [5.41, 5.74) is 3.27. The van der Waals surface area contributed by atoms with E-state index in [4.69, 9.17) is 4.98 Å². The molecule has 0 saturated heterocycles. The smallest absolute Gasteiger partial charge is 0.224 e. The lowest BCUT2D eigenvalue weighted by atomic mass is 9.94. The van der Waals surface area contributed by atoms with Crippen molar-refractivity contribution in [2.75, 3.05) is 20.6 Å². The van der Waals surface area contributed by atoms with E-state index < -0.39 is 5.92 Å². The Kier molecular flexibility index (Phi) is 12.0. The molecule has 1 aromatic heterocycles. The number of carbonyl (C=O) groups is 3. The Bertz CT molecular complexity index is 1270. The first-order chi connectivity index (χ1) is 18.8. The zero-order valence-electron chi connectivity index (χ0n) is 23.6. The minimum absolute atomic E-state index is 0.0443. The Hall–Kier alpha value is -3.16. The van der Waals surface area contributed by atoms with E-state index in [1.165, 1.54) is 5.56 Å². The van der Waals surface area contributed by atoms with E-state index in [2.05, 4.69) is 24.4 Å². The second-order valence-corrected chi connectivity index (χ2v) is 11.4. The summed E-state index contributed by atoms with van der Waals surface area (Å²) in [6, 6.07) is 16.0. The number of likely N-dealkylation sites (N-methyl/N-ethyl adjacent to an activating group) is 1. The lowest BCUT2D eigenvalue weighted by Crippen LogP contribution is -2.41. The van der Waals surface area contributed by atoms with Crippen molar-refractivity contribution in [2.24, 2.45) is 5.92 Å². The second kappa shape index (κ2) is 15.4. The fourth-order valence-corrected chi connectivity index (χ4v) is 5.56. The molecule has 1 heterocycles. The zero-order chi connectivity index (χ0) is 28.2. The highest BCUT2D eigenvalue weighted by atomic mass is 32.1. The molecular formula is C32H41N3O3S. The topological polar surface area (TPSA) is 79.4 Å². The number of amides is 1. The number of nitrogens with zero attached hydrogens (tertiary/aromatic N) is 2. The van der Waals surface area contributed by atoms with Crippen LogP contribution in [0.25, 0.3) is 10.2 Å². The molecule has 2 aromatic carbocycles. The van der Waals surface area contributed by atoms with Gasteiger partial charge in [0.1, 0.15) is 5.78 Å². The molecule has 0 unspecified atom stereocenters. The molecule has 0 aliphatic carbocycles. The second-order valence-electron chi connectivity index (χ2n) is 10.3. The molecule has 39 heavy (non-hydrogen) atoms. The third-order valence-electron chi connectivity index (χ3n) is 6.75. The third kappa shape index (κ3) is 10.2. The van der Waals surface area contributed by atoms with Gasteiger partial charge in [0.15, 0.2) is 5.78 Å². The standard InChI is InChI=1S/C32H41N3O3S/c1-5-23-14-17-29-30(20-23)39-31(34-29)22-25(21-27(36)6-2)32(38)33-26(19-24-11-8-7-9-12-24)15-16-28(37)13-10-18-35(3)4/h7-14,17,20,25-26H,5-6,15-16,18-19,21-22H2,1-4H3,(H,33,38)/b13-10+/t25-,26+/m0/s1. The van der Waals surface area contributed by atoms with Crippen LogP contribution in [0.5, 0.6) is 0 Å². The fourth-order valence-electron chi connectivity index (χ4n) is 4.45. The number of allylic oxidation sites excluding steroid dienone is 1. The number of hydrogen-bond donors (Lipinski definition) is 1. The molecule has 6 nitrogen and oxygen atoms in total. The minimum Gasteiger partial charge on any atom is -0.353 e. The molecule has 0 aliphatic heterocycles. The van der Waals surface area contributed by atoms with E-state index in [-0.39, 0.29) is 29.9 Å². The number of nitrogens with one attached hydrogen (secondary N) is 1. The maximum absolute atomic E-state index is 13.6. The maximum Gasteiger partial charge on any atom is 0.224 e. The Balaban J connectivity index is 1.75. The quantitative estimate of drug-likeness (QED) is 0.237. The van der Waals surface area contributed by atoms with Crippen molar-refractivity contribution in [2.45, 2.75) is 64.8 Å². The van der Waals surface area contributed by atoms with E-state index in [1.807, 2.05) is 68.4 Å². The van der Waals surface area contributed by atoms with Gasteiger partial charge in [-0.1, -0.05) is 56.3 Å². The highest BCUT2D eigenvalue weighted by molar-refractivity contribution is 7.18. The average Bonchev–Trinajstić information content (AvgIpc) is 3.33. The number of ketones is 2. The summed E-state index contributed by atoms with van der Waals surface area (Å²) < 4.78 is 1.10. The average molecular weight is 548 g/mol. The van der Waals surface area contributed by atoms with E-state index in [0.717, 1.165) is 27.2 Å². The molecule has 1 N–H and O–H groups in total. The maximum atomic E-state index is 13.6. The summed E-state index contributed by atoms with van der Waals surface area (Å²) in [5, 5.41) is 4.06. The van der Waals surface area contributed by atoms with Crippen LogP contribution in [-0.2, 0) is 33.6 Å². The molecule has 2 atom stereocenters. The number of rotatable bonds is 16. The third-order valence-corrected chi connectivity index (χ3v) is 7.79. The lowest BCUT2D eigenvalue weighted by molar-refractivity contribution is -0.130. The monoisotopic (exact) mass is 547 g/mol. The Morgan fingerprint density at radius 2 is 1.79 bits per heavy atom. The van der Waals surface area contributed by atoms with Gasteiger partial charge in [-0.25, -0.2) is 4.98 Å². The van der Waals surface area contributed by atoms with E-state index in [9.17, 15) is 14.4 Å². The predicted molar refractivity (Wildman–Crippen MR) is 160 cm³/mol. The summed E-state index contributed by atoms with van der Waals surface area (Å²) in [4.78, 5) is 45.3. The molecule has 1 amide bonds. The van der Waals surface area contributed by atoms with Crippen LogP contribution < -0.4 is 5.32 Å². The fraction of sp³-hybridized carbons (Fsp3) is 0.438. The normalized spacial score (nSPS) is 13.2. The van der Waals surface area contributed by atoms with Crippen molar-refractivity contribution < 1.29 is 14.4 Å². The Morgan fingerprint density at radius 1 is 1.03 bits per heavy atom. The molecule has 208 valence electrons. The van der Waals surface area contributed by atoms with E-state index in [0.29, 0.717) is 38.6 Å². The van der Waals surface area contributed by atoms with Crippen LogP contribution >= 0.6 is 11.3 Å². The van der Waals surface area contributed by atoms with Crippen molar-refractivity contribution in [1.82, 2.24) is 15.2 Å². The summed E-state index contributed by atoms with van der Waals surface area (Å²) in [6.07, 6.45) is 6.93. The summed E-state index contributed by atoms with van der Waals surface area (Å²) in [7, 11) is 3.91. The highest BCUT2D eigenvalue weighted by Crippen LogP contribution is 2.26. The lowest BCUT2D eigenvalue weighted by Gasteiger charge is -2.22. The largest absolute Gasteiger partial charge is 0.353 e. The number of Topliss-reactive ketones (excluding diaryl/α,β-unsaturated/α-hetero) is 1. The molecule has 0 spiro atoms. The first kappa shape index (κ1) is 30.4. The number of hydrogen-bond acceptors (Lipinski definition) is 6. The van der Waals surface area contributed by atoms with Crippen LogP contribution in [-0.4, -0.2) is 54.0 Å². The van der Waals surface area contributed by atoms with Crippen molar-refractivity contribution in [3.05, 3.63) is 76.8 Å². The van der Waals surface area contributed by atoms with E-state index >= 15 is 0 Å². The van der Waals surface area contributed by atoms with Gasteiger partial charge in [-0.2, -0.15) is 0 Å². The predicted octanol–water partition coefficient (Wildman–Crippen LogP) is 5.58. The SMILES string of the molecule is CCC(=O)C[C@@H](Cc1nc2ccc(CC)cc2s1)C(=O)N[C@H](CCC(=O)/C=C/CN(C)C)Cc1ccccc1. The molecular weight excluding hydrogens is 506 g/mol. The van der Waals surface area contributed by atoms with Crippen molar-refractivity contribution in [3.63, 3.8) is 0 Å². The van der Waals surface area contributed by atoms with E-state index in [1.54, 1.807) is 17.4 Å². The van der Waals surface area contributed by atoms with Crippen molar-refractivity contribution in [1.29, 1.82) is 0 Å². The van der Waals surface area contributed by atoms with Gasteiger partial charge in [0, 0.05) is 38.3 Å².